The van der Waals surface area contributed by atoms with Crippen LogP contribution in [0.3, 0.4) is 0 Å². The predicted molar refractivity (Wildman–Crippen MR) is 89.6 cm³/mol. The van der Waals surface area contributed by atoms with Crippen LogP contribution in [0.1, 0.15) is 19.3 Å². The van der Waals surface area contributed by atoms with Gasteiger partial charge in [0.05, 0.1) is 18.6 Å². The zero-order valence-corrected chi connectivity index (χ0v) is 14.9. The number of piperidine rings is 1. The number of rotatable bonds is 7. The van der Waals surface area contributed by atoms with E-state index in [2.05, 4.69) is 9.46 Å². The van der Waals surface area contributed by atoms with Gasteiger partial charge in [0.15, 0.2) is 6.61 Å². The lowest BCUT2D eigenvalue weighted by Crippen LogP contribution is -2.42. The minimum absolute atomic E-state index is 0.0179. The van der Waals surface area contributed by atoms with Crippen molar-refractivity contribution in [1.82, 2.24) is 9.62 Å². The second-order valence-corrected chi connectivity index (χ2v) is 7.37. The first kappa shape index (κ1) is 19.2. The van der Waals surface area contributed by atoms with Crippen molar-refractivity contribution in [2.45, 2.75) is 24.2 Å². The van der Waals surface area contributed by atoms with Crippen molar-refractivity contribution in [1.29, 1.82) is 0 Å². The van der Waals surface area contributed by atoms with Crippen molar-refractivity contribution in [2.75, 3.05) is 33.4 Å². The number of sulfonamides is 1. The smallest absolute Gasteiger partial charge is 0.343 e. The van der Waals surface area contributed by atoms with E-state index in [4.69, 9.17) is 4.74 Å². The lowest BCUT2D eigenvalue weighted by molar-refractivity contribution is -0.142. The average molecular weight is 370 g/mol. The Bertz CT molecular complexity index is 696. The highest BCUT2D eigenvalue weighted by Crippen LogP contribution is 2.16. The van der Waals surface area contributed by atoms with E-state index in [1.165, 1.54) is 31.4 Å². The Labute approximate surface area is 147 Å². The molecule has 0 saturated carbocycles. The summed E-state index contributed by atoms with van der Waals surface area (Å²) >= 11 is 0. The Morgan fingerprint density at radius 1 is 1.12 bits per heavy atom. The van der Waals surface area contributed by atoms with E-state index in [1.807, 2.05) is 0 Å². The second-order valence-electron chi connectivity index (χ2n) is 5.60. The number of likely N-dealkylation sites (tertiary alicyclic amines) is 1. The first-order valence-electron chi connectivity index (χ1n) is 7.99. The number of nitrogens with one attached hydrogen (secondary N) is 1. The number of hydrogen-bond acceptors (Lipinski definition) is 6. The molecule has 9 heteroatoms. The summed E-state index contributed by atoms with van der Waals surface area (Å²) in [5.41, 5.74) is 0. The highest BCUT2D eigenvalue weighted by Gasteiger charge is 2.20. The van der Waals surface area contributed by atoms with Crippen LogP contribution in [-0.2, 0) is 24.3 Å². The molecular formula is C16H22N2O6S. The molecule has 1 aromatic rings. The largest absolute Gasteiger partial charge is 0.482 e. The molecule has 0 spiro atoms. The van der Waals surface area contributed by atoms with Gasteiger partial charge < -0.3 is 14.4 Å². The number of ether oxygens (including phenoxy) is 2. The second kappa shape index (κ2) is 8.82. The normalized spacial score (nSPS) is 14.8. The molecule has 1 N–H and O–H groups in total. The summed E-state index contributed by atoms with van der Waals surface area (Å²) in [5, 5.41) is 0. The summed E-state index contributed by atoms with van der Waals surface area (Å²) in [6, 6.07) is 5.56. The molecule has 8 nitrogen and oxygen atoms in total. The Morgan fingerprint density at radius 3 is 2.36 bits per heavy atom. The van der Waals surface area contributed by atoms with Gasteiger partial charge in [-0.1, -0.05) is 0 Å². The number of hydrogen-bond donors (Lipinski definition) is 1. The number of carbonyl (C=O) groups excluding carboxylic acids is 2. The van der Waals surface area contributed by atoms with Gasteiger partial charge in [-0.15, -0.1) is 0 Å². The fraction of sp³-hybridized carbons (Fsp3) is 0.500. The first-order valence-corrected chi connectivity index (χ1v) is 9.48. The van der Waals surface area contributed by atoms with Gasteiger partial charge in [-0.2, -0.15) is 0 Å². The monoisotopic (exact) mass is 370 g/mol. The van der Waals surface area contributed by atoms with Crippen molar-refractivity contribution in [3.63, 3.8) is 0 Å². The van der Waals surface area contributed by atoms with Crippen molar-refractivity contribution >= 4 is 21.9 Å². The Kier molecular flexibility index (Phi) is 6.77. The maximum absolute atomic E-state index is 12.2. The molecule has 1 aliphatic rings. The van der Waals surface area contributed by atoms with E-state index in [9.17, 15) is 18.0 Å². The van der Waals surface area contributed by atoms with E-state index in [0.29, 0.717) is 18.8 Å². The number of amides is 1. The van der Waals surface area contributed by atoms with E-state index < -0.39 is 16.0 Å². The molecule has 0 atom stereocenters. The fourth-order valence-corrected chi connectivity index (χ4v) is 3.39. The molecule has 0 radical (unpaired) electrons. The van der Waals surface area contributed by atoms with Gasteiger partial charge in [-0.25, -0.2) is 17.9 Å². The minimum Gasteiger partial charge on any atom is -0.482 e. The molecule has 1 fully saturated rings. The lowest BCUT2D eigenvalue weighted by Gasteiger charge is -2.26. The van der Waals surface area contributed by atoms with E-state index in [0.717, 1.165) is 19.3 Å². The van der Waals surface area contributed by atoms with Crippen LogP contribution < -0.4 is 9.46 Å². The summed E-state index contributed by atoms with van der Waals surface area (Å²) in [7, 11) is -2.54. The van der Waals surface area contributed by atoms with Gasteiger partial charge in [-0.05, 0) is 43.5 Å². The minimum atomic E-state index is -3.79. The highest BCUT2D eigenvalue weighted by atomic mass is 32.2. The topological polar surface area (TPSA) is 102 Å². The van der Waals surface area contributed by atoms with Crippen LogP contribution in [0.15, 0.2) is 29.2 Å². The summed E-state index contributed by atoms with van der Waals surface area (Å²) < 4.78 is 36.4. The number of nitrogens with zero attached hydrogens (tertiary/aromatic N) is 1. The number of esters is 1. The molecule has 138 valence electrons. The zero-order chi connectivity index (χ0) is 18.3. The van der Waals surface area contributed by atoms with Crippen LogP contribution in [-0.4, -0.2) is 58.5 Å². The van der Waals surface area contributed by atoms with Crippen molar-refractivity contribution < 1.29 is 27.5 Å². The molecule has 1 aliphatic heterocycles. The Hall–Kier alpha value is -2.13. The molecule has 2 rings (SSSR count). The summed E-state index contributed by atoms with van der Waals surface area (Å²) in [5.74, 6) is -0.412. The lowest BCUT2D eigenvalue weighted by atomic mass is 10.1. The van der Waals surface area contributed by atoms with E-state index in [1.54, 1.807) is 4.90 Å². The molecule has 1 heterocycles. The number of methoxy groups -OCH3 is 1. The number of carbonyl (C=O) groups is 2. The van der Waals surface area contributed by atoms with Gasteiger partial charge in [0, 0.05) is 13.1 Å². The standard InChI is InChI=1S/C16H22N2O6S/c1-23-16(20)12-24-13-5-7-14(8-6-13)25(21,22)17-11-15(19)18-9-3-2-4-10-18/h5-8,17H,2-4,9-12H2,1H3. The Balaban J connectivity index is 1.90. The molecular weight excluding hydrogens is 348 g/mol. The van der Waals surface area contributed by atoms with Crippen LogP contribution in [0.5, 0.6) is 5.75 Å². The molecule has 1 saturated heterocycles. The maximum Gasteiger partial charge on any atom is 0.343 e. The average Bonchev–Trinajstić information content (AvgIpc) is 2.65. The molecule has 0 unspecified atom stereocenters. The van der Waals surface area contributed by atoms with Crippen LogP contribution in [0.25, 0.3) is 0 Å². The SMILES string of the molecule is COC(=O)COc1ccc(S(=O)(=O)NCC(=O)N2CCCCC2)cc1. The van der Waals surface area contributed by atoms with Crippen molar-refractivity contribution in [3.05, 3.63) is 24.3 Å². The van der Waals surface area contributed by atoms with E-state index >= 15 is 0 Å². The summed E-state index contributed by atoms with van der Waals surface area (Å²) in [4.78, 5) is 24.7. The van der Waals surface area contributed by atoms with Crippen LogP contribution in [0.2, 0.25) is 0 Å². The van der Waals surface area contributed by atoms with Gasteiger partial charge >= 0.3 is 5.97 Å². The van der Waals surface area contributed by atoms with Gasteiger partial charge in [0.25, 0.3) is 0 Å². The molecule has 0 bridgehead atoms. The fourth-order valence-electron chi connectivity index (χ4n) is 2.41. The van der Waals surface area contributed by atoms with Crippen molar-refractivity contribution in [3.8, 4) is 5.75 Å². The third kappa shape index (κ3) is 5.71. The molecule has 0 aliphatic carbocycles. The molecule has 1 aromatic carbocycles. The van der Waals surface area contributed by atoms with Gasteiger partial charge in [-0.3, -0.25) is 4.79 Å². The summed E-state index contributed by atoms with van der Waals surface area (Å²) in [6.45, 7) is 0.827. The highest BCUT2D eigenvalue weighted by molar-refractivity contribution is 7.89. The molecule has 1 amide bonds. The van der Waals surface area contributed by atoms with Crippen molar-refractivity contribution in [2.24, 2.45) is 0 Å². The molecule has 0 aromatic heterocycles. The van der Waals surface area contributed by atoms with Gasteiger partial charge in [0.2, 0.25) is 15.9 Å². The van der Waals surface area contributed by atoms with Gasteiger partial charge in [0.1, 0.15) is 5.75 Å². The third-order valence-corrected chi connectivity index (χ3v) is 5.26. The number of benzene rings is 1. The van der Waals surface area contributed by atoms with E-state index in [-0.39, 0.29) is 24.0 Å². The maximum atomic E-state index is 12.2. The Morgan fingerprint density at radius 2 is 1.76 bits per heavy atom. The molecule has 25 heavy (non-hydrogen) atoms. The van der Waals surface area contributed by atoms with Crippen LogP contribution >= 0.6 is 0 Å². The zero-order valence-electron chi connectivity index (χ0n) is 14.1. The van der Waals surface area contributed by atoms with Crippen LogP contribution in [0.4, 0.5) is 0 Å². The predicted octanol–water partition coefficient (Wildman–Crippen LogP) is 0.529. The third-order valence-electron chi connectivity index (χ3n) is 3.84. The van der Waals surface area contributed by atoms with Crippen LogP contribution in [0, 0.1) is 0 Å². The quantitative estimate of drug-likeness (QED) is 0.703. The first-order chi connectivity index (χ1) is 11.9. The summed E-state index contributed by atoms with van der Waals surface area (Å²) in [6.07, 6.45) is 3.00.